The Balaban J connectivity index is 1.16. The molecule has 59 heavy (non-hydrogen) atoms. The number of carbonyl (C=O) groups excluding carboxylic acids is 4. The number of carbonyl (C=O) groups is 4. The van der Waals surface area contributed by atoms with Gasteiger partial charge in [-0.1, -0.05) is 17.7 Å². The molecular weight excluding hydrogens is 826 g/mol. The zero-order valence-electron chi connectivity index (χ0n) is 31.1. The van der Waals surface area contributed by atoms with Gasteiger partial charge in [-0.05, 0) is 101 Å². The third kappa shape index (κ3) is 9.27. The molecule has 0 fully saturated rings. The first-order valence-corrected chi connectivity index (χ1v) is 20.0. The molecule has 16 heteroatoms. The first-order chi connectivity index (χ1) is 28.2. The molecule has 0 bridgehead atoms. The largest absolute Gasteiger partial charge is 0.340 e. The lowest BCUT2D eigenvalue weighted by atomic mass is 10.0. The molecule has 0 aliphatic rings. The Bertz CT molecular complexity index is 2540. The van der Waals surface area contributed by atoms with Crippen molar-refractivity contribution in [3.63, 3.8) is 0 Å². The molecule has 9 nitrogen and oxygen atoms in total. The normalized spacial score (nSPS) is 12.3. The fourth-order valence-corrected chi connectivity index (χ4v) is 8.35. The first-order valence-electron chi connectivity index (χ1n) is 17.9. The Morgan fingerprint density at radius 3 is 1.66 bits per heavy atom. The second-order valence-electron chi connectivity index (χ2n) is 13.6. The molecule has 7 aromatic rings. The first kappa shape index (κ1) is 41.0. The van der Waals surface area contributed by atoms with E-state index in [0.717, 1.165) is 39.1 Å². The van der Waals surface area contributed by atoms with Crippen LogP contribution in [0.25, 0.3) is 20.3 Å². The van der Waals surface area contributed by atoms with Gasteiger partial charge in [-0.2, -0.15) is 0 Å². The molecule has 0 unspecified atom stereocenters. The summed E-state index contributed by atoms with van der Waals surface area (Å²) in [7, 11) is 2.98. The molecule has 2 heterocycles. The van der Waals surface area contributed by atoms with E-state index in [2.05, 4.69) is 15.6 Å². The molecular formula is C43H32ClF4N5O4S2. The standard InChI is InChI=1S/C43H32ClF4N5O4S2/c1-52(30-6-8-37-25(18-30)10-11-58-37)42(56)35(16-23-12-26(45)19-27(46)13-23)50-40(54)32-4-3-5-33(39(32)44)41(55)51-36(17-24-14-28(47)20-29(48)15-24)43(57)53(2)31-7-9-38-34(21-31)49-22-59-38/h3-15,18-22,35-36H,16-17H2,1-2H3,(H,50,54)(H,51,55)/t35-,36-/m0/s1. The van der Waals surface area contributed by atoms with Crippen LogP contribution in [-0.2, 0) is 22.4 Å². The number of rotatable bonds is 12. The van der Waals surface area contributed by atoms with Crippen LogP contribution < -0.4 is 20.4 Å². The molecule has 2 atom stereocenters. The molecule has 0 aliphatic heterocycles. The number of fused-ring (bicyclic) bond motifs is 2. The highest BCUT2D eigenvalue weighted by Crippen LogP contribution is 2.28. The Labute approximate surface area is 347 Å². The molecule has 2 N–H and O–H groups in total. The highest BCUT2D eigenvalue weighted by Gasteiger charge is 2.30. The molecule has 0 radical (unpaired) electrons. The van der Waals surface area contributed by atoms with Crippen LogP contribution in [-0.4, -0.2) is 54.8 Å². The Kier molecular flexibility index (Phi) is 12.1. The summed E-state index contributed by atoms with van der Waals surface area (Å²) in [6.45, 7) is 0. The number of nitrogens with zero attached hydrogens (tertiary/aromatic N) is 3. The lowest BCUT2D eigenvalue weighted by molar-refractivity contribution is -0.120. The van der Waals surface area contributed by atoms with Crippen LogP contribution in [0, 0.1) is 23.3 Å². The third-order valence-corrected chi connectivity index (χ3v) is 11.7. The summed E-state index contributed by atoms with van der Waals surface area (Å²) in [5.41, 5.74) is 2.95. The average Bonchev–Trinajstić information content (AvgIpc) is 3.88. The highest BCUT2D eigenvalue weighted by molar-refractivity contribution is 7.17. The van der Waals surface area contributed by atoms with E-state index in [1.807, 2.05) is 17.5 Å². The van der Waals surface area contributed by atoms with Crippen molar-refractivity contribution in [3.8, 4) is 0 Å². The molecule has 2 aromatic heterocycles. The van der Waals surface area contributed by atoms with Crippen molar-refractivity contribution in [2.75, 3.05) is 23.9 Å². The summed E-state index contributed by atoms with van der Waals surface area (Å²) < 4.78 is 58.9. The average molecular weight is 858 g/mol. The molecule has 0 spiro atoms. The molecule has 5 aromatic carbocycles. The van der Waals surface area contributed by atoms with Crippen LogP contribution in [0.1, 0.15) is 31.8 Å². The van der Waals surface area contributed by atoms with Gasteiger partial charge >= 0.3 is 0 Å². The molecule has 300 valence electrons. The summed E-state index contributed by atoms with van der Waals surface area (Å²) in [5.74, 6) is -6.54. The van der Waals surface area contributed by atoms with Crippen molar-refractivity contribution < 1.29 is 36.7 Å². The summed E-state index contributed by atoms with van der Waals surface area (Å²) >= 11 is 9.66. The number of aromatic nitrogens is 1. The fraction of sp³-hybridized carbons (Fsp3) is 0.140. The number of nitrogens with one attached hydrogen (secondary N) is 2. The minimum absolute atomic E-state index is 0.0813. The monoisotopic (exact) mass is 857 g/mol. The van der Waals surface area contributed by atoms with Crippen LogP contribution in [0.5, 0.6) is 0 Å². The van der Waals surface area contributed by atoms with E-state index in [4.69, 9.17) is 11.6 Å². The molecule has 7 rings (SSSR count). The van der Waals surface area contributed by atoms with Crippen molar-refractivity contribution in [2.45, 2.75) is 24.9 Å². The summed E-state index contributed by atoms with van der Waals surface area (Å²) in [5, 5.41) is 7.70. The third-order valence-electron chi connectivity index (χ3n) is 9.60. The van der Waals surface area contributed by atoms with Gasteiger partial charge in [0.15, 0.2) is 0 Å². The van der Waals surface area contributed by atoms with Gasteiger partial charge in [0.05, 0.1) is 31.9 Å². The highest BCUT2D eigenvalue weighted by atomic mass is 35.5. The van der Waals surface area contributed by atoms with Gasteiger partial charge in [0, 0.05) is 55.1 Å². The van der Waals surface area contributed by atoms with Crippen molar-refractivity contribution in [3.05, 3.63) is 158 Å². The Morgan fingerprint density at radius 2 is 1.14 bits per heavy atom. The van der Waals surface area contributed by atoms with Gasteiger partial charge in [-0.3, -0.25) is 19.2 Å². The SMILES string of the molecule is CN(C(=O)[C@H](Cc1cc(F)cc(F)c1)NC(=O)c1cccc(C(=O)N[C@@H](Cc2cc(F)cc(F)c2)C(=O)N(C)c2ccc3scnc3c2)c1Cl)c1ccc2sccc2c1. The van der Waals surface area contributed by atoms with Gasteiger partial charge in [-0.25, -0.2) is 22.5 Å². The quantitative estimate of drug-likeness (QED) is 0.120. The summed E-state index contributed by atoms with van der Waals surface area (Å²) in [6.07, 6.45) is -0.632. The number of anilines is 2. The maximum Gasteiger partial charge on any atom is 0.253 e. The van der Waals surface area contributed by atoms with Gasteiger partial charge in [-0.15, -0.1) is 22.7 Å². The zero-order chi connectivity index (χ0) is 42.0. The number of thiophene rings is 1. The number of benzene rings is 5. The van der Waals surface area contributed by atoms with Crippen LogP contribution in [0.2, 0.25) is 5.02 Å². The van der Waals surface area contributed by atoms with Gasteiger partial charge in [0.2, 0.25) is 11.8 Å². The van der Waals surface area contributed by atoms with E-state index < -0.39 is 59.0 Å². The maximum atomic E-state index is 14.3. The van der Waals surface area contributed by atoms with E-state index in [1.165, 1.54) is 64.8 Å². The maximum absolute atomic E-state index is 14.3. The fourth-order valence-electron chi connectivity index (χ4n) is 6.62. The predicted molar refractivity (Wildman–Crippen MR) is 222 cm³/mol. The number of hydrogen-bond acceptors (Lipinski definition) is 7. The minimum Gasteiger partial charge on any atom is -0.340 e. The minimum atomic E-state index is -1.38. The van der Waals surface area contributed by atoms with Gasteiger partial charge in [0.1, 0.15) is 35.4 Å². The smallest absolute Gasteiger partial charge is 0.253 e. The Hall–Kier alpha value is -6.16. The van der Waals surface area contributed by atoms with Crippen molar-refractivity contribution in [1.29, 1.82) is 0 Å². The zero-order valence-corrected chi connectivity index (χ0v) is 33.5. The van der Waals surface area contributed by atoms with Gasteiger partial charge < -0.3 is 20.4 Å². The summed E-state index contributed by atoms with van der Waals surface area (Å²) in [4.78, 5) is 62.9. The van der Waals surface area contributed by atoms with E-state index in [-0.39, 0.29) is 40.1 Å². The predicted octanol–water partition coefficient (Wildman–Crippen LogP) is 8.73. The molecule has 0 saturated carbocycles. The van der Waals surface area contributed by atoms with E-state index >= 15 is 0 Å². The lowest BCUT2D eigenvalue weighted by Crippen LogP contribution is -2.49. The van der Waals surface area contributed by atoms with Crippen LogP contribution in [0.15, 0.2) is 108 Å². The molecule has 0 saturated heterocycles. The number of halogens is 5. The number of thiazole rings is 1. The number of hydrogen-bond donors (Lipinski definition) is 2. The number of amides is 4. The molecule has 4 amide bonds. The van der Waals surface area contributed by atoms with E-state index in [0.29, 0.717) is 29.0 Å². The molecule has 0 aliphatic carbocycles. The van der Waals surface area contributed by atoms with Crippen molar-refractivity contribution >= 4 is 89.6 Å². The van der Waals surface area contributed by atoms with Crippen LogP contribution >= 0.6 is 34.3 Å². The van der Waals surface area contributed by atoms with E-state index in [1.54, 1.807) is 35.8 Å². The van der Waals surface area contributed by atoms with E-state index in [9.17, 15) is 36.7 Å². The summed E-state index contributed by atoms with van der Waals surface area (Å²) in [6, 6.07) is 19.2. The van der Waals surface area contributed by atoms with Crippen LogP contribution in [0.4, 0.5) is 28.9 Å². The topological polar surface area (TPSA) is 112 Å². The van der Waals surface area contributed by atoms with Crippen molar-refractivity contribution in [2.24, 2.45) is 0 Å². The van der Waals surface area contributed by atoms with Gasteiger partial charge in [0.25, 0.3) is 11.8 Å². The van der Waals surface area contributed by atoms with Crippen molar-refractivity contribution in [1.82, 2.24) is 15.6 Å². The second-order valence-corrected chi connectivity index (χ2v) is 15.8. The lowest BCUT2D eigenvalue weighted by Gasteiger charge is -2.26. The number of likely N-dealkylation sites (N-methyl/N-ethyl adjacent to an activating group) is 2. The Morgan fingerprint density at radius 1 is 0.644 bits per heavy atom. The van der Waals surface area contributed by atoms with Crippen LogP contribution in [0.3, 0.4) is 0 Å². The second kappa shape index (κ2) is 17.4.